The van der Waals surface area contributed by atoms with Crippen molar-refractivity contribution in [2.75, 3.05) is 37.0 Å². The average Bonchev–Trinajstić information content (AvgIpc) is 2.74. The number of hydrogen-bond acceptors (Lipinski definition) is 7. The first-order valence-corrected chi connectivity index (χ1v) is 12.4. The number of aromatic nitrogens is 2. The lowest BCUT2D eigenvalue weighted by Crippen LogP contribution is -2.61. The molecular weight excluding hydrogens is 400 g/mol. The van der Waals surface area contributed by atoms with E-state index in [2.05, 4.69) is 22.1 Å². The van der Waals surface area contributed by atoms with E-state index in [-0.39, 0.29) is 11.9 Å². The molecule has 5 fully saturated rings. The van der Waals surface area contributed by atoms with E-state index in [4.69, 9.17) is 9.72 Å². The summed E-state index contributed by atoms with van der Waals surface area (Å²) in [5.41, 5.74) is 0.0981. The van der Waals surface area contributed by atoms with Gasteiger partial charge >= 0.3 is 0 Å². The van der Waals surface area contributed by atoms with Crippen molar-refractivity contribution in [3.63, 3.8) is 0 Å². The summed E-state index contributed by atoms with van der Waals surface area (Å²) in [5, 5.41) is 14.9. The van der Waals surface area contributed by atoms with Crippen molar-refractivity contribution >= 4 is 23.6 Å². The van der Waals surface area contributed by atoms with Gasteiger partial charge in [-0.25, -0.2) is 9.97 Å². The van der Waals surface area contributed by atoms with E-state index in [0.29, 0.717) is 42.5 Å². The van der Waals surface area contributed by atoms with Crippen LogP contribution in [0.2, 0.25) is 0 Å². The summed E-state index contributed by atoms with van der Waals surface area (Å²) in [6.45, 7) is 5.05. The normalized spacial score (nSPS) is 34.9. The quantitative estimate of drug-likeness (QED) is 0.527. The van der Waals surface area contributed by atoms with Crippen molar-refractivity contribution in [1.29, 1.82) is 0 Å². The minimum Gasteiger partial charge on any atom is -0.390 e. The molecule has 4 bridgehead atoms. The molecule has 2 unspecified atom stereocenters. The number of nitrogens with zero attached hydrogens (tertiary/aromatic N) is 3. The molecule has 30 heavy (non-hydrogen) atoms. The molecule has 2 heterocycles. The Labute approximate surface area is 182 Å². The fraction of sp³-hybridized carbons (Fsp3) is 0.773. The van der Waals surface area contributed by atoms with E-state index in [1.165, 1.54) is 0 Å². The van der Waals surface area contributed by atoms with Crippen LogP contribution in [0.3, 0.4) is 0 Å². The number of carbonyl (C=O) groups is 1. The van der Waals surface area contributed by atoms with Crippen LogP contribution in [0.1, 0.15) is 55.8 Å². The first-order valence-electron chi connectivity index (χ1n) is 11.4. The lowest BCUT2D eigenvalue weighted by molar-refractivity contribution is -0.136. The molecule has 164 valence electrons. The zero-order chi connectivity index (χ0) is 20.7. The van der Waals surface area contributed by atoms with Crippen LogP contribution in [0.4, 0.5) is 5.95 Å². The molecule has 4 saturated carbocycles. The summed E-state index contributed by atoms with van der Waals surface area (Å²) in [7, 11) is 0. The lowest BCUT2D eigenvalue weighted by atomic mass is 9.52. The molecule has 1 saturated heterocycles. The number of aliphatic hydroxyl groups is 1. The van der Waals surface area contributed by atoms with Crippen molar-refractivity contribution in [3.05, 3.63) is 11.8 Å². The molecule has 0 spiro atoms. The van der Waals surface area contributed by atoms with Crippen LogP contribution in [0.5, 0.6) is 0 Å². The van der Waals surface area contributed by atoms with Gasteiger partial charge in [0.05, 0.1) is 24.4 Å². The minimum absolute atomic E-state index is 0.0633. The Morgan fingerprint density at radius 3 is 2.70 bits per heavy atom. The number of morpholine rings is 1. The Hall–Kier alpha value is -1.38. The first-order chi connectivity index (χ1) is 14.5. The molecule has 1 aromatic rings. The molecule has 6 rings (SSSR count). The summed E-state index contributed by atoms with van der Waals surface area (Å²) in [6.07, 6.45) is 7.60. The third-order valence-electron chi connectivity index (χ3n) is 7.26. The van der Waals surface area contributed by atoms with Gasteiger partial charge in [-0.3, -0.25) is 4.79 Å². The smallest absolute Gasteiger partial charge is 0.255 e. The number of thioether (sulfide) groups is 1. The SMILES string of the molecule is CCCSc1nc(N2CCOCC2)ncc1C(=O)N[C@H]1C2CC3CC1C[C@@](O)(C3)C2. The Kier molecular flexibility index (Phi) is 5.66. The predicted octanol–water partition coefficient (Wildman–Crippen LogP) is 2.48. The number of rotatable bonds is 6. The van der Waals surface area contributed by atoms with E-state index >= 15 is 0 Å². The highest BCUT2D eigenvalue weighted by Gasteiger charge is 2.55. The van der Waals surface area contributed by atoms with Gasteiger partial charge in [0.1, 0.15) is 5.03 Å². The third-order valence-corrected chi connectivity index (χ3v) is 8.46. The van der Waals surface area contributed by atoms with Gasteiger partial charge in [0.25, 0.3) is 5.91 Å². The average molecular weight is 433 g/mol. The van der Waals surface area contributed by atoms with Crippen LogP contribution >= 0.6 is 11.8 Å². The summed E-state index contributed by atoms with van der Waals surface area (Å²) in [4.78, 5) is 24.7. The first kappa shape index (κ1) is 20.5. The van der Waals surface area contributed by atoms with Crippen molar-refractivity contribution in [1.82, 2.24) is 15.3 Å². The Morgan fingerprint density at radius 1 is 1.30 bits per heavy atom. The molecule has 5 aliphatic rings. The number of hydrogen-bond donors (Lipinski definition) is 2. The third kappa shape index (κ3) is 3.94. The molecule has 1 amide bonds. The van der Waals surface area contributed by atoms with E-state index in [1.54, 1.807) is 18.0 Å². The molecule has 1 aliphatic heterocycles. The maximum atomic E-state index is 13.3. The van der Waals surface area contributed by atoms with Gasteiger partial charge in [0.2, 0.25) is 5.95 Å². The molecule has 2 atom stereocenters. The summed E-state index contributed by atoms with van der Waals surface area (Å²) in [5.74, 6) is 2.96. The van der Waals surface area contributed by atoms with Crippen LogP contribution < -0.4 is 10.2 Å². The molecule has 2 N–H and O–H groups in total. The van der Waals surface area contributed by atoms with Gasteiger partial charge < -0.3 is 20.1 Å². The monoisotopic (exact) mass is 432 g/mol. The van der Waals surface area contributed by atoms with Crippen LogP contribution in [-0.4, -0.2) is 64.7 Å². The zero-order valence-electron chi connectivity index (χ0n) is 17.7. The van der Waals surface area contributed by atoms with Gasteiger partial charge in [0.15, 0.2) is 0 Å². The number of ether oxygens (including phenoxy) is 1. The molecule has 8 heteroatoms. The van der Waals surface area contributed by atoms with Crippen molar-refractivity contribution in [2.24, 2.45) is 17.8 Å². The van der Waals surface area contributed by atoms with E-state index < -0.39 is 5.60 Å². The van der Waals surface area contributed by atoms with E-state index in [9.17, 15) is 9.90 Å². The molecule has 4 aliphatic carbocycles. The molecular formula is C22H32N4O3S. The van der Waals surface area contributed by atoms with Gasteiger partial charge in [-0.1, -0.05) is 6.92 Å². The largest absolute Gasteiger partial charge is 0.390 e. The van der Waals surface area contributed by atoms with Crippen molar-refractivity contribution in [3.8, 4) is 0 Å². The van der Waals surface area contributed by atoms with Crippen molar-refractivity contribution < 1.29 is 14.6 Å². The number of anilines is 1. The number of carbonyl (C=O) groups excluding carboxylic acids is 1. The molecule has 7 nitrogen and oxygen atoms in total. The van der Waals surface area contributed by atoms with Gasteiger partial charge in [-0.15, -0.1) is 11.8 Å². The van der Waals surface area contributed by atoms with Crippen molar-refractivity contribution in [2.45, 2.75) is 62.1 Å². The molecule has 0 aromatic carbocycles. The number of nitrogens with one attached hydrogen (secondary N) is 1. The maximum Gasteiger partial charge on any atom is 0.255 e. The summed E-state index contributed by atoms with van der Waals surface area (Å²) >= 11 is 1.63. The fourth-order valence-corrected chi connectivity index (χ4v) is 7.03. The van der Waals surface area contributed by atoms with Crippen LogP contribution in [0, 0.1) is 17.8 Å². The van der Waals surface area contributed by atoms with Crippen LogP contribution in [-0.2, 0) is 4.74 Å². The zero-order valence-corrected chi connectivity index (χ0v) is 18.5. The Bertz CT molecular complexity index is 785. The number of amides is 1. The van der Waals surface area contributed by atoms with E-state index in [0.717, 1.165) is 62.4 Å². The lowest BCUT2D eigenvalue weighted by Gasteiger charge is -2.58. The fourth-order valence-electron chi connectivity index (χ4n) is 6.18. The highest BCUT2D eigenvalue weighted by molar-refractivity contribution is 7.99. The minimum atomic E-state index is -0.483. The Balaban J connectivity index is 1.34. The predicted molar refractivity (Wildman–Crippen MR) is 116 cm³/mol. The second kappa shape index (κ2) is 8.28. The molecule has 1 aromatic heterocycles. The Morgan fingerprint density at radius 2 is 2.03 bits per heavy atom. The molecule has 0 radical (unpaired) electrons. The van der Waals surface area contributed by atoms with Gasteiger partial charge in [-0.05, 0) is 62.0 Å². The van der Waals surface area contributed by atoms with Gasteiger partial charge in [-0.2, -0.15) is 0 Å². The second-order valence-electron chi connectivity index (χ2n) is 9.53. The van der Waals surface area contributed by atoms with E-state index in [1.807, 2.05) is 0 Å². The van der Waals surface area contributed by atoms with Crippen LogP contribution in [0.25, 0.3) is 0 Å². The summed E-state index contributed by atoms with van der Waals surface area (Å²) in [6, 6.07) is 0.164. The van der Waals surface area contributed by atoms with Crippen LogP contribution in [0.15, 0.2) is 11.2 Å². The standard InChI is InChI=1S/C22H32N4O3S/c1-2-7-30-20-17(13-23-21(25-20)26-3-5-29-6-4-26)19(27)24-18-15-8-14-9-16(18)12-22(28,10-14)11-15/h13-16,18,28H,2-12H2,1H3,(H,24,27)/t14?,15?,16?,18-,22+. The topological polar surface area (TPSA) is 87.6 Å². The summed E-state index contributed by atoms with van der Waals surface area (Å²) < 4.78 is 5.43. The maximum absolute atomic E-state index is 13.3. The second-order valence-corrected chi connectivity index (χ2v) is 10.6. The highest BCUT2D eigenvalue weighted by atomic mass is 32.2. The van der Waals surface area contributed by atoms with Gasteiger partial charge in [0, 0.05) is 25.3 Å². The highest BCUT2D eigenvalue weighted by Crippen LogP contribution is 2.55.